The zero-order chi connectivity index (χ0) is 36.4. The molecule has 4 rings (SSSR count). The Balaban J connectivity index is 0.000000425. The van der Waals surface area contributed by atoms with Crippen LogP contribution in [0.15, 0.2) is 67.0 Å². The van der Waals surface area contributed by atoms with Gasteiger partial charge in [-0.2, -0.15) is 0 Å². The first-order chi connectivity index (χ1) is 23.0. The van der Waals surface area contributed by atoms with E-state index in [9.17, 15) is 19.2 Å². The second-order valence-corrected chi connectivity index (χ2v) is 13.9. The Morgan fingerprint density at radius 2 is 1.53 bits per heavy atom. The van der Waals surface area contributed by atoms with Gasteiger partial charge in [0, 0.05) is 46.3 Å². The minimum atomic E-state index is -2.74. The van der Waals surface area contributed by atoms with Crippen LogP contribution in [0.2, 0.25) is 0 Å². The fraction of sp³-hybridized carbons (Fsp3) is 0.361. The van der Waals surface area contributed by atoms with Crippen LogP contribution in [0.5, 0.6) is 5.75 Å². The Morgan fingerprint density at radius 1 is 0.898 bits per heavy atom. The summed E-state index contributed by atoms with van der Waals surface area (Å²) in [4.78, 5) is 51.3. The summed E-state index contributed by atoms with van der Waals surface area (Å²) in [5, 5.41) is 38.1. The van der Waals surface area contributed by atoms with Crippen molar-refractivity contribution in [2.24, 2.45) is 0 Å². The summed E-state index contributed by atoms with van der Waals surface area (Å²) in [6.45, 7) is 10.2. The molecule has 49 heavy (non-hydrogen) atoms. The zero-order valence-electron chi connectivity index (χ0n) is 28.2. The fourth-order valence-corrected chi connectivity index (χ4v) is 6.01. The number of hydrogen-bond donors (Lipinski definition) is 5. The van der Waals surface area contributed by atoms with Crippen LogP contribution in [-0.2, 0) is 27.2 Å². The second kappa shape index (κ2) is 17.0. The summed E-state index contributed by atoms with van der Waals surface area (Å²) in [7, 11) is 2.17. The SMILES string of the molecule is Cc1sc2ccc(NC(=O)c3cccc(OC(C)(C)C)c3)cc2c1CCN(C)CCc1ccncc1.O=C(O)CC(O)(CC(=O)O)C(=O)O. The summed E-state index contributed by atoms with van der Waals surface area (Å²) >= 11 is 1.82. The number of carbonyl (C=O) groups is 4. The van der Waals surface area contributed by atoms with Crippen molar-refractivity contribution >= 4 is 50.9 Å². The van der Waals surface area contributed by atoms with Crippen LogP contribution >= 0.6 is 11.3 Å². The number of ether oxygens (including phenoxy) is 1. The predicted octanol–water partition coefficient (Wildman–Crippen LogP) is 5.50. The number of aromatic nitrogens is 1. The van der Waals surface area contributed by atoms with Gasteiger partial charge in [-0.3, -0.25) is 19.4 Å². The van der Waals surface area contributed by atoms with E-state index in [2.05, 4.69) is 53.4 Å². The molecule has 0 aliphatic heterocycles. The van der Waals surface area contributed by atoms with Crippen molar-refractivity contribution < 1.29 is 44.3 Å². The number of benzene rings is 2. The van der Waals surface area contributed by atoms with Crippen molar-refractivity contribution in [3.05, 3.63) is 88.6 Å². The number of pyridine rings is 1. The maximum atomic E-state index is 13.0. The number of aliphatic carboxylic acids is 3. The van der Waals surface area contributed by atoms with E-state index < -0.39 is 36.4 Å². The number of nitrogens with one attached hydrogen (secondary N) is 1. The highest BCUT2D eigenvalue weighted by Gasteiger charge is 2.40. The van der Waals surface area contributed by atoms with Crippen molar-refractivity contribution in [1.29, 1.82) is 0 Å². The Kier molecular flexibility index (Phi) is 13.4. The monoisotopic (exact) mass is 693 g/mol. The van der Waals surface area contributed by atoms with Crippen LogP contribution in [0.4, 0.5) is 5.69 Å². The molecule has 0 saturated carbocycles. The molecule has 0 radical (unpaired) electrons. The molecule has 2 aromatic carbocycles. The highest BCUT2D eigenvalue weighted by molar-refractivity contribution is 7.19. The number of hydrogen-bond acceptors (Lipinski definition) is 9. The van der Waals surface area contributed by atoms with Gasteiger partial charge in [0.1, 0.15) is 11.4 Å². The van der Waals surface area contributed by atoms with Gasteiger partial charge in [-0.1, -0.05) is 6.07 Å². The van der Waals surface area contributed by atoms with Crippen molar-refractivity contribution in [2.75, 3.05) is 25.5 Å². The number of likely N-dealkylation sites (N-methyl/N-ethyl adjacent to an activating group) is 1. The molecule has 0 bridgehead atoms. The quantitative estimate of drug-likeness (QED) is 0.112. The van der Waals surface area contributed by atoms with Gasteiger partial charge in [0.05, 0.1) is 12.8 Å². The number of anilines is 1. The molecule has 13 heteroatoms. The van der Waals surface area contributed by atoms with E-state index in [0.29, 0.717) is 11.3 Å². The maximum Gasteiger partial charge on any atom is 0.336 e. The molecule has 0 unspecified atom stereocenters. The summed E-state index contributed by atoms with van der Waals surface area (Å²) in [5.41, 5.74) is 0.999. The molecule has 5 N–H and O–H groups in total. The van der Waals surface area contributed by atoms with Gasteiger partial charge in [0.15, 0.2) is 5.60 Å². The van der Waals surface area contributed by atoms with Crippen LogP contribution in [-0.4, -0.2) is 85.5 Å². The van der Waals surface area contributed by atoms with E-state index in [1.807, 2.05) is 68.8 Å². The highest BCUT2D eigenvalue weighted by Crippen LogP contribution is 2.33. The molecule has 0 aliphatic rings. The Labute approximate surface area is 289 Å². The third-order valence-electron chi connectivity index (χ3n) is 7.33. The molecule has 0 atom stereocenters. The predicted molar refractivity (Wildman–Crippen MR) is 188 cm³/mol. The Bertz CT molecular complexity index is 1750. The van der Waals surface area contributed by atoms with Crippen molar-refractivity contribution in [1.82, 2.24) is 9.88 Å². The normalized spacial score (nSPS) is 11.5. The molecule has 2 aromatic heterocycles. The van der Waals surface area contributed by atoms with Gasteiger partial charge in [0.2, 0.25) is 0 Å². The van der Waals surface area contributed by atoms with E-state index in [0.717, 1.165) is 31.6 Å². The number of carboxylic acid groups (broad SMARTS) is 3. The van der Waals surface area contributed by atoms with Crippen LogP contribution in [0, 0.1) is 6.92 Å². The highest BCUT2D eigenvalue weighted by atomic mass is 32.1. The Hall–Kier alpha value is -4.85. The summed E-state index contributed by atoms with van der Waals surface area (Å²) in [6, 6.07) is 17.7. The van der Waals surface area contributed by atoms with Crippen LogP contribution in [0.1, 0.15) is 60.0 Å². The molecule has 0 saturated heterocycles. The molecule has 0 aliphatic carbocycles. The number of nitrogens with zero attached hydrogens (tertiary/aromatic N) is 2. The lowest BCUT2D eigenvalue weighted by Crippen LogP contribution is -2.42. The minimum absolute atomic E-state index is 0.141. The summed E-state index contributed by atoms with van der Waals surface area (Å²) < 4.78 is 7.17. The number of carbonyl (C=O) groups excluding carboxylic acids is 1. The third-order valence-corrected chi connectivity index (χ3v) is 8.46. The van der Waals surface area contributed by atoms with Crippen molar-refractivity contribution in [2.45, 2.75) is 64.6 Å². The number of rotatable bonds is 14. The number of carboxylic acids is 3. The van der Waals surface area contributed by atoms with E-state index in [1.165, 1.54) is 26.1 Å². The molecule has 0 fully saturated rings. The molecule has 12 nitrogen and oxygen atoms in total. The van der Waals surface area contributed by atoms with Crippen molar-refractivity contribution in [3.8, 4) is 5.75 Å². The largest absolute Gasteiger partial charge is 0.488 e. The van der Waals surface area contributed by atoms with E-state index in [4.69, 9.17) is 25.2 Å². The van der Waals surface area contributed by atoms with Crippen molar-refractivity contribution in [3.63, 3.8) is 0 Å². The van der Waals surface area contributed by atoms with Gasteiger partial charge in [0.25, 0.3) is 5.91 Å². The van der Waals surface area contributed by atoms with Gasteiger partial charge in [-0.05, 0) is 113 Å². The lowest BCUT2D eigenvalue weighted by atomic mass is 9.96. The lowest BCUT2D eigenvalue weighted by Gasteiger charge is -2.21. The standard InChI is InChI=1S/C30H35N3O2S.C6H8O7/c1-21-26(14-18-33(5)17-13-22-11-15-31-16-12-22)27-20-24(9-10-28(27)36-21)32-29(34)23-7-6-8-25(19-23)35-30(2,3)4;7-3(8)1-6(13,5(11)12)2-4(9)10/h6-12,15-16,19-20H,13-14,17-18H2,1-5H3,(H,32,34);13H,1-2H2,(H,7,8)(H,9,10)(H,11,12). The number of amides is 1. The van der Waals surface area contributed by atoms with E-state index in [-0.39, 0.29) is 11.5 Å². The fourth-order valence-electron chi connectivity index (χ4n) is 4.92. The molecule has 4 aromatic rings. The lowest BCUT2D eigenvalue weighted by molar-refractivity contribution is -0.170. The molecule has 1 amide bonds. The van der Waals surface area contributed by atoms with Gasteiger partial charge < -0.3 is 35.4 Å². The van der Waals surface area contributed by atoms with Gasteiger partial charge >= 0.3 is 17.9 Å². The number of thiophene rings is 1. The van der Waals surface area contributed by atoms with Crippen LogP contribution in [0.25, 0.3) is 10.1 Å². The van der Waals surface area contributed by atoms with Crippen LogP contribution < -0.4 is 10.1 Å². The average molecular weight is 694 g/mol. The van der Waals surface area contributed by atoms with Crippen LogP contribution in [0.3, 0.4) is 0 Å². The smallest absolute Gasteiger partial charge is 0.336 e. The zero-order valence-corrected chi connectivity index (χ0v) is 29.0. The Morgan fingerprint density at radius 3 is 2.12 bits per heavy atom. The number of aliphatic hydroxyl groups is 1. The molecule has 262 valence electrons. The first-order valence-electron chi connectivity index (χ1n) is 15.5. The molecule has 0 spiro atoms. The molecular weight excluding hydrogens is 650 g/mol. The van der Waals surface area contributed by atoms with E-state index in [1.54, 1.807) is 6.07 Å². The average Bonchev–Trinajstić information content (AvgIpc) is 3.32. The summed E-state index contributed by atoms with van der Waals surface area (Å²) in [5.74, 6) is -4.47. The van der Waals surface area contributed by atoms with E-state index >= 15 is 0 Å². The third kappa shape index (κ3) is 12.3. The minimum Gasteiger partial charge on any atom is -0.488 e. The second-order valence-electron chi connectivity index (χ2n) is 12.7. The van der Waals surface area contributed by atoms with Gasteiger partial charge in [-0.25, -0.2) is 4.79 Å². The topological polar surface area (TPSA) is 187 Å². The first kappa shape index (κ1) is 38.6. The number of fused-ring (bicyclic) bond motifs is 1. The molecular formula is C36H43N3O9S. The maximum absolute atomic E-state index is 13.0. The summed E-state index contributed by atoms with van der Waals surface area (Å²) in [6.07, 6.45) is 3.40. The number of aryl methyl sites for hydroxylation is 1. The first-order valence-corrected chi connectivity index (χ1v) is 16.4. The van der Waals surface area contributed by atoms with Gasteiger partial charge in [-0.15, -0.1) is 11.3 Å². The molecule has 2 heterocycles.